The maximum atomic E-state index is 10.9. The number of hydrogen-bond donors (Lipinski definition) is 1. The van der Waals surface area contributed by atoms with Crippen molar-refractivity contribution in [3.8, 4) is 0 Å². The zero-order chi connectivity index (χ0) is 13.7. The molecule has 0 saturated carbocycles. The average Bonchev–Trinajstić information content (AvgIpc) is 2.89. The molecular formula is C11H11BrN4O3. The summed E-state index contributed by atoms with van der Waals surface area (Å²) < 4.78 is 5.54. The number of nitro groups is 1. The molecule has 2 rings (SSSR count). The SMILES string of the molecule is O=[N+]([O-])c1cc(Br)ccc1CNCCc1ncno1. The first-order valence-corrected chi connectivity index (χ1v) is 6.35. The monoisotopic (exact) mass is 326 g/mol. The normalized spacial score (nSPS) is 10.6. The summed E-state index contributed by atoms with van der Waals surface area (Å²) in [4.78, 5) is 14.4. The molecule has 0 unspecified atom stereocenters. The van der Waals surface area contributed by atoms with E-state index < -0.39 is 0 Å². The van der Waals surface area contributed by atoms with E-state index in [0.717, 1.165) is 0 Å². The number of benzene rings is 1. The van der Waals surface area contributed by atoms with Crippen LogP contribution in [0.25, 0.3) is 0 Å². The van der Waals surface area contributed by atoms with Gasteiger partial charge in [-0.05, 0) is 12.1 Å². The third-order valence-corrected chi connectivity index (χ3v) is 2.98. The van der Waals surface area contributed by atoms with Gasteiger partial charge < -0.3 is 9.84 Å². The van der Waals surface area contributed by atoms with Crippen LogP contribution in [0.3, 0.4) is 0 Å². The van der Waals surface area contributed by atoms with E-state index in [1.165, 1.54) is 12.4 Å². The number of nitrogens with one attached hydrogen (secondary N) is 1. The van der Waals surface area contributed by atoms with Gasteiger partial charge in [0.15, 0.2) is 6.33 Å². The van der Waals surface area contributed by atoms with E-state index in [1.807, 2.05) is 0 Å². The lowest BCUT2D eigenvalue weighted by Gasteiger charge is -2.05. The van der Waals surface area contributed by atoms with E-state index in [0.29, 0.717) is 35.4 Å². The van der Waals surface area contributed by atoms with Crippen LogP contribution in [0.2, 0.25) is 0 Å². The van der Waals surface area contributed by atoms with E-state index in [1.54, 1.807) is 12.1 Å². The summed E-state index contributed by atoms with van der Waals surface area (Å²) in [5.74, 6) is 0.540. The highest BCUT2D eigenvalue weighted by molar-refractivity contribution is 9.10. The molecule has 1 aromatic carbocycles. The predicted octanol–water partition coefficient (Wildman–Crippen LogP) is 2.07. The molecule has 19 heavy (non-hydrogen) atoms. The number of rotatable bonds is 6. The third-order valence-electron chi connectivity index (χ3n) is 2.48. The molecular weight excluding hydrogens is 316 g/mol. The second kappa shape index (κ2) is 6.39. The molecule has 0 aliphatic rings. The van der Waals surface area contributed by atoms with E-state index in [4.69, 9.17) is 4.52 Å². The first-order chi connectivity index (χ1) is 9.16. The Morgan fingerprint density at radius 1 is 1.47 bits per heavy atom. The van der Waals surface area contributed by atoms with Crippen LogP contribution in [0.4, 0.5) is 5.69 Å². The molecule has 0 saturated heterocycles. The van der Waals surface area contributed by atoms with Crippen LogP contribution < -0.4 is 5.32 Å². The molecule has 0 aliphatic heterocycles. The summed E-state index contributed by atoms with van der Waals surface area (Å²) in [5, 5.41) is 17.5. The Bertz CT molecular complexity index is 559. The highest BCUT2D eigenvalue weighted by atomic mass is 79.9. The molecule has 1 heterocycles. The maximum Gasteiger partial charge on any atom is 0.275 e. The summed E-state index contributed by atoms with van der Waals surface area (Å²) in [7, 11) is 0. The van der Waals surface area contributed by atoms with Crippen molar-refractivity contribution in [2.45, 2.75) is 13.0 Å². The van der Waals surface area contributed by atoms with Crippen molar-refractivity contribution < 1.29 is 9.45 Å². The van der Waals surface area contributed by atoms with Crippen molar-refractivity contribution in [3.05, 3.63) is 50.6 Å². The molecule has 8 heteroatoms. The van der Waals surface area contributed by atoms with Gasteiger partial charge in [0.2, 0.25) is 5.89 Å². The number of nitrogens with zero attached hydrogens (tertiary/aromatic N) is 3. The van der Waals surface area contributed by atoms with Crippen LogP contribution in [-0.4, -0.2) is 21.6 Å². The zero-order valence-electron chi connectivity index (χ0n) is 9.88. The van der Waals surface area contributed by atoms with Crippen molar-refractivity contribution in [3.63, 3.8) is 0 Å². The largest absolute Gasteiger partial charge is 0.340 e. The minimum atomic E-state index is -0.389. The van der Waals surface area contributed by atoms with E-state index in [-0.39, 0.29) is 10.6 Å². The lowest BCUT2D eigenvalue weighted by atomic mass is 10.2. The number of nitro benzene ring substituents is 1. The molecule has 0 fully saturated rings. The fourth-order valence-corrected chi connectivity index (χ4v) is 1.93. The van der Waals surface area contributed by atoms with Crippen LogP contribution in [0, 0.1) is 10.1 Å². The van der Waals surface area contributed by atoms with Gasteiger partial charge in [0, 0.05) is 35.6 Å². The number of halogens is 1. The smallest absolute Gasteiger partial charge is 0.275 e. The molecule has 1 aromatic heterocycles. The third kappa shape index (κ3) is 3.83. The van der Waals surface area contributed by atoms with E-state index in [9.17, 15) is 10.1 Å². The Morgan fingerprint density at radius 2 is 2.32 bits per heavy atom. The van der Waals surface area contributed by atoms with Gasteiger partial charge >= 0.3 is 0 Å². The summed E-state index contributed by atoms with van der Waals surface area (Å²) in [6, 6.07) is 5.00. The summed E-state index contributed by atoms with van der Waals surface area (Å²) in [6.07, 6.45) is 1.93. The van der Waals surface area contributed by atoms with Crippen molar-refractivity contribution in [2.75, 3.05) is 6.54 Å². The maximum absolute atomic E-state index is 10.9. The first-order valence-electron chi connectivity index (χ1n) is 5.56. The van der Waals surface area contributed by atoms with Crippen LogP contribution in [0.15, 0.2) is 33.5 Å². The minimum absolute atomic E-state index is 0.0969. The fourth-order valence-electron chi connectivity index (χ4n) is 1.58. The average molecular weight is 327 g/mol. The summed E-state index contributed by atoms with van der Waals surface area (Å²) in [6.45, 7) is 1.02. The Morgan fingerprint density at radius 3 is 3.00 bits per heavy atom. The van der Waals surface area contributed by atoms with E-state index in [2.05, 4.69) is 31.4 Å². The van der Waals surface area contributed by atoms with Crippen LogP contribution >= 0.6 is 15.9 Å². The van der Waals surface area contributed by atoms with Crippen LogP contribution in [-0.2, 0) is 13.0 Å². The van der Waals surface area contributed by atoms with Gasteiger partial charge in [-0.1, -0.05) is 21.1 Å². The second-order valence-corrected chi connectivity index (χ2v) is 4.71. The van der Waals surface area contributed by atoms with E-state index >= 15 is 0 Å². The molecule has 0 spiro atoms. The minimum Gasteiger partial charge on any atom is -0.340 e. The molecule has 0 aliphatic carbocycles. The van der Waals surface area contributed by atoms with Gasteiger partial charge in [0.25, 0.3) is 5.69 Å². The Kier molecular flexibility index (Phi) is 4.58. The number of hydrogen-bond acceptors (Lipinski definition) is 6. The van der Waals surface area contributed by atoms with Gasteiger partial charge in [-0.2, -0.15) is 4.98 Å². The van der Waals surface area contributed by atoms with Gasteiger partial charge in [-0.3, -0.25) is 10.1 Å². The quantitative estimate of drug-likeness (QED) is 0.496. The molecule has 2 aromatic rings. The van der Waals surface area contributed by atoms with Gasteiger partial charge in [0.05, 0.1) is 4.92 Å². The Hall–Kier alpha value is -1.80. The zero-order valence-corrected chi connectivity index (χ0v) is 11.5. The molecule has 0 amide bonds. The predicted molar refractivity (Wildman–Crippen MR) is 70.5 cm³/mol. The van der Waals surface area contributed by atoms with Crippen molar-refractivity contribution >= 4 is 21.6 Å². The topological polar surface area (TPSA) is 94.1 Å². The molecule has 0 bridgehead atoms. The lowest BCUT2D eigenvalue weighted by molar-refractivity contribution is -0.385. The highest BCUT2D eigenvalue weighted by Crippen LogP contribution is 2.23. The molecule has 100 valence electrons. The van der Waals surface area contributed by atoms with Crippen molar-refractivity contribution in [2.24, 2.45) is 0 Å². The van der Waals surface area contributed by atoms with Crippen LogP contribution in [0.5, 0.6) is 0 Å². The van der Waals surface area contributed by atoms with Crippen molar-refractivity contribution in [1.29, 1.82) is 0 Å². The van der Waals surface area contributed by atoms with Crippen molar-refractivity contribution in [1.82, 2.24) is 15.5 Å². The molecule has 0 atom stereocenters. The molecule has 7 nitrogen and oxygen atoms in total. The van der Waals surface area contributed by atoms with Crippen LogP contribution in [0.1, 0.15) is 11.5 Å². The number of aromatic nitrogens is 2. The van der Waals surface area contributed by atoms with Gasteiger partial charge in [-0.25, -0.2) is 0 Å². The summed E-state index contributed by atoms with van der Waals surface area (Å²) >= 11 is 3.22. The van der Waals surface area contributed by atoms with Gasteiger partial charge in [-0.15, -0.1) is 0 Å². The fraction of sp³-hybridized carbons (Fsp3) is 0.273. The highest BCUT2D eigenvalue weighted by Gasteiger charge is 2.13. The molecule has 1 N–H and O–H groups in total. The first kappa shape index (κ1) is 13.6. The van der Waals surface area contributed by atoms with Gasteiger partial charge in [0.1, 0.15) is 0 Å². The molecule has 0 radical (unpaired) electrons. The standard InChI is InChI=1S/C11H11BrN4O3/c12-9-2-1-8(10(5-9)16(17)18)6-13-4-3-11-14-7-15-19-11/h1-2,5,7,13H,3-4,6H2. The Balaban J connectivity index is 1.90. The lowest BCUT2D eigenvalue weighted by Crippen LogP contribution is -2.17. The summed E-state index contributed by atoms with van der Waals surface area (Å²) in [5.41, 5.74) is 0.735. The second-order valence-electron chi connectivity index (χ2n) is 3.79. The Labute approximate surface area is 117 Å².